The van der Waals surface area contributed by atoms with Gasteiger partial charge in [-0.25, -0.2) is 4.79 Å². The molecular weight excluding hydrogens is 298 g/mol. The molecule has 2 N–H and O–H groups in total. The maximum absolute atomic E-state index is 11.5. The molecule has 0 heterocycles. The van der Waals surface area contributed by atoms with Crippen molar-refractivity contribution in [1.29, 1.82) is 0 Å². The molecule has 0 radical (unpaired) electrons. The standard InChI is InChI=1S/C13H18BrNO3/c1-4-17-13(16)9(3)18-12-7-10(14)5-6-11(12)8(2)15/h5-9H,4,15H2,1-3H3. The van der Waals surface area contributed by atoms with Crippen LogP contribution in [0.15, 0.2) is 22.7 Å². The quantitative estimate of drug-likeness (QED) is 0.849. The van der Waals surface area contributed by atoms with E-state index in [1.54, 1.807) is 19.9 Å². The number of rotatable bonds is 5. The number of carbonyl (C=O) groups excluding carboxylic acids is 1. The lowest BCUT2D eigenvalue weighted by atomic mass is 10.1. The minimum absolute atomic E-state index is 0.164. The van der Waals surface area contributed by atoms with E-state index >= 15 is 0 Å². The van der Waals surface area contributed by atoms with Gasteiger partial charge in [-0.2, -0.15) is 0 Å². The Kier molecular flexibility index (Phi) is 5.62. The van der Waals surface area contributed by atoms with E-state index in [9.17, 15) is 4.79 Å². The van der Waals surface area contributed by atoms with Crippen LogP contribution in [0.3, 0.4) is 0 Å². The van der Waals surface area contributed by atoms with Gasteiger partial charge in [0.25, 0.3) is 0 Å². The van der Waals surface area contributed by atoms with Gasteiger partial charge in [0, 0.05) is 16.1 Å². The molecule has 2 atom stereocenters. The summed E-state index contributed by atoms with van der Waals surface area (Å²) >= 11 is 3.37. The van der Waals surface area contributed by atoms with Gasteiger partial charge < -0.3 is 15.2 Å². The smallest absolute Gasteiger partial charge is 0.347 e. The Morgan fingerprint density at radius 3 is 2.67 bits per heavy atom. The third kappa shape index (κ3) is 3.99. The number of nitrogens with two attached hydrogens (primary N) is 1. The molecule has 4 nitrogen and oxygen atoms in total. The molecule has 5 heteroatoms. The van der Waals surface area contributed by atoms with Crippen molar-refractivity contribution in [2.75, 3.05) is 6.61 Å². The Morgan fingerprint density at radius 1 is 1.44 bits per heavy atom. The lowest BCUT2D eigenvalue weighted by Crippen LogP contribution is -2.26. The fourth-order valence-electron chi connectivity index (χ4n) is 1.48. The summed E-state index contributed by atoms with van der Waals surface area (Å²) in [5.74, 6) is 0.216. The van der Waals surface area contributed by atoms with Crippen molar-refractivity contribution in [1.82, 2.24) is 0 Å². The molecule has 18 heavy (non-hydrogen) atoms. The number of carbonyl (C=O) groups is 1. The second-order valence-corrected chi connectivity index (χ2v) is 4.90. The highest BCUT2D eigenvalue weighted by atomic mass is 79.9. The Labute approximate surface area is 116 Å². The van der Waals surface area contributed by atoms with Crippen LogP contribution < -0.4 is 10.5 Å². The first-order valence-electron chi connectivity index (χ1n) is 5.84. The van der Waals surface area contributed by atoms with Crippen molar-refractivity contribution in [3.05, 3.63) is 28.2 Å². The molecule has 1 aromatic rings. The first-order chi connectivity index (χ1) is 8.45. The van der Waals surface area contributed by atoms with Crippen LogP contribution >= 0.6 is 15.9 Å². The molecule has 0 bridgehead atoms. The van der Waals surface area contributed by atoms with Gasteiger partial charge in [-0.3, -0.25) is 0 Å². The van der Waals surface area contributed by atoms with Gasteiger partial charge in [0.15, 0.2) is 6.10 Å². The molecule has 0 saturated heterocycles. The number of hydrogen-bond donors (Lipinski definition) is 1. The highest BCUT2D eigenvalue weighted by molar-refractivity contribution is 9.10. The highest BCUT2D eigenvalue weighted by Gasteiger charge is 2.18. The summed E-state index contributed by atoms with van der Waals surface area (Å²) in [7, 11) is 0. The SMILES string of the molecule is CCOC(=O)C(C)Oc1cc(Br)ccc1C(C)N. The first kappa shape index (κ1) is 15.0. The Hall–Kier alpha value is -1.07. The summed E-state index contributed by atoms with van der Waals surface area (Å²) in [5.41, 5.74) is 6.72. The van der Waals surface area contributed by atoms with Crippen LogP contribution in [0.1, 0.15) is 32.4 Å². The van der Waals surface area contributed by atoms with Crippen LogP contribution in [0.25, 0.3) is 0 Å². The van der Waals surface area contributed by atoms with Crippen molar-refractivity contribution in [3.8, 4) is 5.75 Å². The van der Waals surface area contributed by atoms with E-state index in [-0.39, 0.29) is 12.0 Å². The summed E-state index contributed by atoms with van der Waals surface area (Å²) in [6, 6.07) is 5.40. The molecule has 1 rings (SSSR count). The minimum atomic E-state index is -0.656. The summed E-state index contributed by atoms with van der Waals surface area (Å²) in [6.07, 6.45) is -0.656. The molecular formula is C13H18BrNO3. The predicted octanol–water partition coefficient (Wildman–Crippen LogP) is 2.80. The van der Waals surface area contributed by atoms with Gasteiger partial charge in [-0.05, 0) is 32.9 Å². The van der Waals surface area contributed by atoms with E-state index in [0.29, 0.717) is 12.4 Å². The van der Waals surface area contributed by atoms with Gasteiger partial charge in [0.1, 0.15) is 5.75 Å². The zero-order valence-corrected chi connectivity index (χ0v) is 12.4. The van der Waals surface area contributed by atoms with Gasteiger partial charge in [0.2, 0.25) is 0 Å². The van der Waals surface area contributed by atoms with Gasteiger partial charge in [0.05, 0.1) is 6.61 Å². The Morgan fingerprint density at radius 2 is 2.11 bits per heavy atom. The fraction of sp³-hybridized carbons (Fsp3) is 0.462. The number of halogens is 1. The molecule has 0 spiro atoms. The van der Waals surface area contributed by atoms with Crippen LogP contribution in [0.4, 0.5) is 0 Å². The van der Waals surface area contributed by atoms with Crippen molar-refractivity contribution in [3.63, 3.8) is 0 Å². The molecule has 0 aliphatic carbocycles. The van der Waals surface area contributed by atoms with E-state index in [1.165, 1.54) is 0 Å². The van der Waals surface area contributed by atoms with Gasteiger partial charge in [-0.1, -0.05) is 22.0 Å². The molecule has 2 unspecified atom stereocenters. The summed E-state index contributed by atoms with van der Waals surface area (Å²) in [4.78, 5) is 11.5. The lowest BCUT2D eigenvalue weighted by Gasteiger charge is -2.18. The van der Waals surface area contributed by atoms with E-state index < -0.39 is 6.10 Å². The lowest BCUT2D eigenvalue weighted by molar-refractivity contribution is -0.150. The molecule has 100 valence electrons. The zero-order chi connectivity index (χ0) is 13.7. The molecule has 0 aliphatic rings. The first-order valence-corrected chi connectivity index (χ1v) is 6.63. The number of benzene rings is 1. The summed E-state index contributed by atoms with van der Waals surface area (Å²) < 4.78 is 11.4. The largest absolute Gasteiger partial charge is 0.479 e. The maximum Gasteiger partial charge on any atom is 0.347 e. The third-order valence-corrected chi connectivity index (χ3v) is 2.88. The molecule has 0 saturated carbocycles. The maximum atomic E-state index is 11.5. The van der Waals surface area contributed by atoms with Gasteiger partial charge in [-0.15, -0.1) is 0 Å². The van der Waals surface area contributed by atoms with Crippen molar-refractivity contribution >= 4 is 21.9 Å². The normalized spacial score (nSPS) is 13.8. The molecule has 0 amide bonds. The molecule has 0 fully saturated rings. The number of ether oxygens (including phenoxy) is 2. The van der Waals surface area contributed by atoms with Crippen LogP contribution in [-0.4, -0.2) is 18.7 Å². The highest BCUT2D eigenvalue weighted by Crippen LogP contribution is 2.28. The topological polar surface area (TPSA) is 61.5 Å². The number of hydrogen-bond acceptors (Lipinski definition) is 4. The molecule has 1 aromatic carbocycles. The van der Waals surface area contributed by atoms with Crippen molar-refractivity contribution in [2.24, 2.45) is 5.73 Å². The second kappa shape index (κ2) is 6.75. The minimum Gasteiger partial charge on any atom is -0.479 e. The van der Waals surface area contributed by atoms with E-state index in [1.807, 2.05) is 19.1 Å². The monoisotopic (exact) mass is 315 g/mol. The average Bonchev–Trinajstić information content (AvgIpc) is 2.28. The van der Waals surface area contributed by atoms with E-state index in [0.717, 1.165) is 10.0 Å². The fourth-order valence-corrected chi connectivity index (χ4v) is 1.82. The summed E-state index contributed by atoms with van der Waals surface area (Å²) in [6.45, 7) is 5.62. The third-order valence-electron chi connectivity index (χ3n) is 2.39. The van der Waals surface area contributed by atoms with Crippen LogP contribution in [0.2, 0.25) is 0 Å². The second-order valence-electron chi connectivity index (χ2n) is 3.98. The zero-order valence-electron chi connectivity index (χ0n) is 10.8. The Bertz CT molecular complexity index is 421. The van der Waals surface area contributed by atoms with Crippen LogP contribution in [-0.2, 0) is 9.53 Å². The van der Waals surface area contributed by atoms with E-state index in [2.05, 4.69) is 15.9 Å². The van der Waals surface area contributed by atoms with E-state index in [4.69, 9.17) is 15.2 Å². The average molecular weight is 316 g/mol. The van der Waals surface area contributed by atoms with Crippen LogP contribution in [0, 0.1) is 0 Å². The van der Waals surface area contributed by atoms with Crippen molar-refractivity contribution < 1.29 is 14.3 Å². The van der Waals surface area contributed by atoms with Crippen molar-refractivity contribution in [2.45, 2.75) is 32.9 Å². The number of esters is 1. The Balaban J connectivity index is 2.88. The molecule has 0 aliphatic heterocycles. The molecule has 0 aromatic heterocycles. The van der Waals surface area contributed by atoms with Gasteiger partial charge >= 0.3 is 5.97 Å². The predicted molar refractivity (Wildman–Crippen MR) is 73.5 cm³/mol. The summed E-state index contributed by atoms with van der Waals surface area (Å²) in [5, 5.41) is 0. The van der Waals surface area contributed by atoms with Crippen LogP contribution in [0.5, 0.6) is 5.75 Å².